The quantitative estimate of drug-likeness (QED) is 0.715. The molecule has 0 aromatic carbocycles. The number of hydrogen-bond donors (Lipinski definition) is 1. The molecular weight excluding hydrogens is 168 g/mol. The molecule has 1 aliphatic rings. The van der Waals surface area contributed by atoms with Crippen molar-refractivity contribution >= 4 is 5.78 Å². The molecule has 13 heavy (non-hydrogen) atoms. The van der Waals surface area contributed by atoms with Crippen LogP contribution in [0.1, 0.15) is 26.7 Å². The van der Waals surface area contributed by atoms with Crippen LogP contribution in [0.4, 0.5) is 0 Å². The van der Waals surface area contributed by atoms with Crippen LogP contribution < -0.4 is 0 Å². The first kappa shape index (κ1) is 10.7. The van der Waals surface area contributed by atoms with E-state index in [1.54, 1.807) is 0 Å². The van der Waals surface area contributed by atoms with E-state index in [-0.39, 0.29) is 17.6 Å². The zero-order chi connectivity index (χ0) is 9.84. The van der Waals surface area contributed by atoms with Crippen molar-refractivity contribution in [2.45, 2.75) is 32.8 Å². The van der Waals surface area contributed by atoms with Gasteiger partial charge in [0.05, 0.1) is 0 Å². The van der Waals surface area contributed by atoms with Crippen LogP contribution in [0.2, 0.25) is 0 Å². The maximum Gasteiger partial charge on any atom is 0.164 e. The smallest absolute Gasteiger partial charge is 0.164 e. The Balaban J connectivity index is 2.45. The molecule has 1 heterocycles. The van der Waals surface area contributed by atoms with Gasteiger partial charge in [-0.2, -0.15) is 0 Å². The van der Waals surface area contributed by atoms with E-state index in [9.17, 15) is 9.90 Å². The Labute approximate surface area is 79.1 Å². The molecule has 0 bridgehead atoms. The van der Waals surface area contributed by atoms with E-state index in [0.29, 0.717) is 13.2 Å². The third kappa shape index (κ3) is 2.78. The third-order valence-electron chi connectivity index (χ3n) is 2.55. The van der Waals surface area contributed by atoms with Crippen molar-refractivity contribution in [1.82, 2.24) is 0 Å². The molecule has 1 saturated heterocycles. The normalized spacial score (nSPS) is 21.8. The molecule has 1 aliphatic heterocycles. The average molecular weight is 186 g/mol. The van der Waals surface area contributed by atoms with Gasteiger partial charge >= 0.3 is 0 Å². The van der Waals surface area contributed by atoms with Gasteiger partial charge in [-0.1, -0.05) is 13.8 Å². The van der Waals surface area contributed by atoms with Gasteiger partial charge in [-0.15, -0.1) is 0 Å². The van der Waals surface area contributed by atoms with Crippen LogP contribution in [0.3, 0.4) is 0 Å². The molecule has 3 heteroatoms. The van der Waals surface area contributed by atoms with E-state index in [2.05, 4.69) is 0 Å². The number of hydrogen-bond acceptors (Lipinski definition) is 3. The molecule has 1 atom stereocenters. The fourth-order valence-corrected chi connectivity index (χ4v) is 1.55. The monoisotopic (exact) mass is 186 g/mol. The summed E-state index contributed by atoms with van der Waals surface area (Å²) in [6.45, 7) is 5.03. The number of rotatable bonds is 3. The minimum absolute atomic E-state index is 0.00157. The summed E-state index contributed by atoms with van der Waals surface area (Å²) in [4.78, 5) is 11.6. The van der Waals surface area contributed by atoms with E-state index in [1.807, 2.05) is 13.8 Å². The van der Waals surface area contributed by atoms with Crippen LogP contribution in [0.5, 0.6) is 0 Å². The van der Waals surface area contributed by atoms with Crippen LogP contribution in [0.25, 0.3) is 0 Å². The second-order valence-corrected chi connectivity index (χ2v) is 3.98. The Morgan fingerprint density at radius 3 is 2.38 bits per heavy atom. The van der Waals surface area contributed by atoms with Gasteiger partial charge in [-0.05, 0) is 18.8 Å². The topological polar surface area (TPSA) is 46.5 Å². The van der Waals surface area contributed by atoms with Crippen molar-refractivity contribution in [3.8, 4) is 0 Å². The Hall–Kier alpha value is -0.410. The standard InChI is InChI=1S/C10H18O3/c1-7(2)9(11)10(12)8-3-5-13-6-4-8/h7-9,11H,3-6H2,1-2H3. The number of ether oxygens (including phenoxy) is 1. The number of ketones is 1. The molecule has 76 valence electrons. The number of aliphatic hydroxyl groups excluding tert-OH is 1. The third-order valence-corrected chi connectivity index (χ3v) is 2.55. The van der Waals surface area contributed by atoms with Crippen LogP contribution in [-0.2, 0) is 9.53 Å². The van der Waals surface area contributed by atoms with Crippen LogP contribution in [0.15, 0.2) is 0 Å². The van der Waals surface area contributed by atoms with E-state index >= 15 is 0 Å². The van der Waals surface area contributed by atoms with Gasteiger partial charge in [0.15, 0.2) is 5.78 Å². The van der Waals surface area contributed by atoms with Crippen LogP contribution in [-0.4, -0.2) is 30.2 Å². The first-order chi connectivity index (χ1) is 6.13. The summed E-state index contributed by atoms with van der Waals surface area (Å²) in [5.41, 5.74) is 0. The lowest BCUT2D eigenvalue weighted by Crippen LogP contribution is -2.35. The number of carbonyl (C=O) groups is 1. The minimum Gasteiger partial charge on any atom is -0.385 e. The molecule has 1 rings (SSSR count). The average Bonchev–Trinajstić information content (AvgIpc) is 2.17. The molecule has 0 radical (unpaired) electrons. The number of carbonyl (C=O) groups excluding carboxylic acids is 1. The largest absolute Gasteiger partial charge is 0.385 e. The first-order valence-corrected chi connectivity index (χ1v) is 4.92. The highest BCUT2D eigenvalue weighted by Gasteiger charge is 2.28. The molecule has 0 aromatic rings. The van der Waals surface area contributed by atoms with Crippen molar-refractivity contribution in [2.75, 3.05) is 13.2 Å². The maximum absolute atomic E-state index is 11.6. The molecule has 0 spiro atoms. The summed E-state index contributed by atoms with van der Waals surface area (Å²) < 4.78 is 5.16. The summed E-state index contributed by atoms with van der Waals surface area (Å²) in [7, 11) is 0. The fraction of sp³-hybridized carbons (Fsp3) is 0.900. The lowest BCUT2D eigenvalue weighted by molar-refractivity contribution is -0.136. The molecule has 1 fully saturated rings. The predicted octanol–water partition coefficient (Wildman–Crippen LogP) is 0.999. The van der Waals surface area contributed by atoms with E-state index in [0.717, 1.165) is 12.8 Å². The van der Waals surface area contributed by atoms with Crippen molar-refractivity contribution in [3.63, 3.8) is 0 Å². The van der Waals surface area contributed by atoms with Gasteiger partial charge in [0, 0.05) is 19.1 Å². The van der Waals surface area contributed by atoms with Crippen LogP contribution >= 0.6 is 0 Å². The molecular formula is C10H18O3. The Morgan fingerprint density at radius 2 is 1.92 bits per heavy atom. The molecule has 3 nitrogen and oxygen atoms in total. The van der Waals surface area contributed by atoms with Crippen molar-refractivity contribution in [3.05, 3.63) is 0 Å². The molecule has 1 unspecified atom stereocenters. The molecule has 0 aromatic heterocycles. The summed E-state index contributed by atoms with van der Waals surface area (Å²) >= 11 is 0. The highest BCUT2D eigenvalue weighted by Crippen LogP contribution is 2.19. The second-order valence-electron chi connectivity index (χ2n) is 3.98. The molecule has 0 amide bonds. The number of Topliss-reactive ketones (excluding diaryl/α,β-unsaturated/α-hetero) is 1. The molecule has 1 N–H and O–H groups in total. The molecule has 0 saturated carbocycles. The summed E-state index contributed by atoms with van der Waals surface area (Å²) in [6.07, 6.45) is 0.744. The number of aliphatic hydroxyl groups is 1. The highest BCUT2D eigenvalue weighted by molar-refractivity contribution is 5.85. The van der Waals surface area contributed by atoms with Gasteiger partial charge in [0.1, 0.15) is 6.10 Å². The fourth-order valence-electron chi connectivity index (χ4n) is 1.55. The van der Waals surface area contributed by atoms with E-state index in [4.69, 9.17) is 4.74 Å². The first-order valence-electron chi connectivity index (χ1n) is 4.92. The van der Waals surface area contributed by atoms with Crippen LogP contribution in [0, 0.1) is 11.8 Å². The van der Waals surface area contributed by atoms with E-state index < -0.39 is 6.10 Å². The van der Waals surface area contributed by atoms with E-state index in [1.165, 1.54) is 0 Å². The predicted molar refractivity (Wildman–Crippen MR) is 49.4 cm³/mol. The minimum atomic E-state index is -0.789. The van der Waals surface area contributed by atoms with Crippen molar-refractivity contribution in [2.24, 2.45) is 11.8 Å². The zero-order valence-electron chi connectivity index (χ0n) is 8.32. The van der Waals surface area contributed by atoms with Gasteiger partial charge in [0.25, 0.3) is 0 Å². The Bertz CT molecular complexity index is 171. The van der Waals surface area contributed by atoms with Gasteiger partial charge in [-0.3, -0.25) is 4.79 Å². The maximum atomic E-state index is 11.6. The highest BCUT2D eigenvalue weighted by atomic mass is 16.5. The van der Waals surface area contributed by atoms with Gasteiger partial charge in [-0.25, -0.2) is 0 Å². The summed E-state index contributed by atoms with van der Waals surface area (Å²) in [5, 5.41) is 9.56. The second kappa shape index (κ2) is 4.72. The van der Waals surface area contributed by atoms with Gasteiger partial charge < -0.3 is 9.84 Å². The summed E-state index contributed by atoms with van der Waals surface area (Å²) in [6, 6.07) is 0. The SMILES string of the molecule is CC(C)C(O)C(=O)C1CCOCC1. The van der Waals surface area contributed by atoms with Gasteiger partial charge in [0.2, 0.25) is 0 Å². The van der Waals surface area contributed by atoms with Crippen molar-refractivity contribution < 1.29 is 14.6 Å². The lowest BCUT2D eigenvalue weighted by atomic mass is 9.88. The Kier molecular flexibility index (Phi) is 3.88. The van der Waals surface area contributed by atoms with Crippen molar-refractivity contribution in [1.29, 1.82) is 0 Å². The molecule has 0 aliphatic carbocycles. The zero-order valence-corrected chi connectivity index (χ0v) is 8.32. The lowest BCUT2D eigenvalue weighted by Gasteiger charge is -2.24. The summed E-state index contributed by atoms with van der Waals surface area (Å²) in [5.74, 6) is 0.0415. The Morgan fingerprint density at radius 1 is 1.38 bits per heavy atom.